The third-order valence-corrected chi connectivity index (χ3v) is 5.01. The summed E-state index contributed by atoms with van der Waals surface area (Å²) >= 11 is 0. The number of carbonyl (C=O) groups excluding carboxylic acids is 1. The zero-order valence-corrected chi connectivity index (χ0v) is 13.3. The Morgan fingerprint density at radius 1 is 1.35 bits per heavy atom. The molecule has 120 valence electrons. The van der Waals surface area contributed by atoms with Crippen LogP contribution >= 0.6 is 0 Å². The summed E-state index contributed by atoms with van der Waals surface area (Å²) in [5, 5.41) is 4.53. The van der Waals surface area contributed by atoms with Gasteiger partial charge in [-0.2, -0.15) is 9.78 Å². The first-order valence-electron chi connectivity index (χ1n) is 8.23. The Morgan fingerprint density at radius 3 is 3.00 bits per heavy atom. The van der Waals surface area contributed by atoms with Crippen molar-refractivity contribution in [2.75, 3.05) is 24.2 Å². The molecule has 2 aromatic heterocycles. The Kier molecular flexibility index (Phi) is 3.32. The van der Waals surface area contributed by atoms with E-state index in [1.807, 2.05) is 19.2 Å². The predicted octanol–water partition coefficient (Wildman–Crippen LogP) is 2.00. The predicted molar refractivity (Wildman–Crippen MR) is 88.8 cm³/mol. The van der Waals surface area contributed by atoms with Gasteiger partial charge in [0.25, 0.3) is 5.91 Å². The van der Waals surface area contributed by atoms with Crippen molar-refractivity contribution in [3.05, 3.63) is 35.2 Å². The Labute approximate surface area is 135 Å². The summed E-state index contributed by atoms with van der Waals surface area (Å²) in [5.41, 5.74) is 9.28. The van der Waals surface area contributed by atoms with Crippen LogP contribution in [0, 0.1) is 0 Å². The summed E-state index contributed by atoms with van der Waals surface area (Å²) < 4.78 is 1.45. The molecule has 0 bridgehead atoms. The highest BCUT2D eigenvalue weighted by atomic mass is 16.2. The molecule has 0 saturated carbocycles. The highest BCUT2D eigenvalue weighted by molar-refractivity contribution is 5.90. The lowest BCUT2D eigenvalue weighted by Crippen LogP contribution is -2.33. The van der Waals surface area contributed by atoms with Crippen LogP contribution in [-0.4, -0.2) is 34.3 Å². The maximum absolute atomic E-state index is 13.1. The fraction of sp³-hybridized carbons (Fsp3) is 0.471. The van der Waals surface area contributed by atoms with Gasteiger partial charge >= 0.3 is 0 Å². The highest BCUT2D eigenvalue weighted by Gasteiger charge is 2.33. The van der Waals surface area contributed by atoms with Crippen LogP contribution in [0.4, 0.5) is 11.6 Å². The van der Waals surface area contributed by atoms with Crippen LogP contribution in [0.25, 0.3) is 0 Å². The molecule has 3 heterocycles. The van der Waals surface area contributed by atoms with Gasteiger partial charge in [0.2, 0.25) is 0 Å². The van der Waals surface area contributed by atoms with E-state index >= 15 is 0 Å². The summed E-state index contributed by atoms with van der Waals surface area (Å²) in [4.78, 5) is 19.6. The number of hydrogen-bond acceptors (Lipinski definition) is 5. The summed E-state index contributed by atoms with van der Waals surface area (Å²) in [5.74, 6) is 1.17. The van der Waals surface area contributed by atoms with Crippen LogP contribution in [0.3, 0.4) is 0 Å². The summed E-state index contributed by atoms with van der Waals surface area (Å²) in [7, 11) is 2.01. The molecule has 2 aromatic rings. The second kappa shape index (κ2) is 5.37. The molecule has 1 aliphatic heterocycles. The molecule has 2 aliphatic rings. The van der Waals surface area contributed by atoms with Gasteiger partial charge in [-0.1, -0.05) is 6.07 Å². The van der Waals surface area contributed by atoms with E-state index in [4.69, 9.17) is 5.73 Å². The fourth-order valence-corrected chi connectivity index (χ4v) is 3.73. The number of anilines is 2. The van der Waals surface area contributed by atoms with Crippen LogP contribution in [0.5, 0.6) is 0 Å². The van der Waals surface area contributed by atoms with Crippen molar-refractivity contribution in [3.63, 3.8) is 0 Å². The number of nitrogens with two attached hydrogens (primary N) is 1. The van der Waals surface area contributed by atoms with Crippen molar-refractivity contribution in [2.24, 2.45) is 0 Å². The summed E-state index contributed by atoms with van der Waals surface area (Å²) in [6, 6.07) is 3.87. The smallest absolute Gasteiger partial charge is 0.256 e. The second-order valence-electron chi connectivity index (χ2n) is 6.45. The van der Waals surface area contributed by atoms with Crippen LogP contribution in [-0.2, 0) is 12.8 Å². The number of aromatic nitrogens is 3. The molecular weight excluding hydrogens is 290 g/mol. The van der Waals surface area contributed by atoms with E-state index in [1.165, 1.54) is 4.68 Å². The normalized spacial score (nSPS) is 20.0. The van der Waals surface area contributed by atoms with E-state index < -0.39 is 0 Å². The quantitative estimate of drug-likeness (QED) is 0.871. The van der Waals surface area contributed by atoms with Crippen molar-refractivity contribution in [1.82, 2.24) is 14.8 Å². The van der Waals surface area contributed by atoms with Crippen molar-refractivity contribution in [2.45, 2.75) is 38.0 Å². The maximum atomic E-state index is 13.1. The Morgan fingerprint density at radius 2 is 2.17 bits per heavy atom. The van der Waals surface area contributed by atoms with Crippen molar-refractivity contribution < 1.29 is 4.79 Å². The van der Waals surface area contributed by atoms with E-state index in [9.17, 15) is 4.79 Å². The van der Waals surface area contributed by atoms with Gasteiger partial charge in [0, 0.05) is 30.9 Å². The van der Waals surface area contributed by atoms with Crippen LogP contribution < -0.4 is 10.6 Å². The minimum absolute atomic E-state index is 0.0285. The average molecular weight is 311 g/mol. The number of nitrogen functional groups attached to an aromatic ring is 1. The van der Waals surface area contributed by atoms with Crippen molar-refractivity contribution in [3.8, 4) is 0 Å². The molecule has 1 atom stereocenters. The third kappa shape index (κ3) is 2.20. The van der Waals surface area contributed by atoms with Crippen LogP contribution in [0.15, 0.2) is 18.3 Å². The van der Waals surface area contributed by atoms with E-state index in [2.05, 4.69) is 15.0 Å². The fourth-order valence-electron chi connectivity index (χ4n) is 3.73. The van der Waals surface area contributed by atoms with Crippen molar-refractivity contribution >= 4 is 17.5 Å². The van der Waals surface area contributed by atoms with E-state index in [1.54, 1.807) is 6.20 Å². The lowest BCUT2D eigenvalue weighted by atomic mass is 9.91. The van der Waals surface area contributed by atoms with E-state index in [0.717, 1.165) is 61.3 Å². The minimum Gasteiger partial charge on any atom is -0.383 e. The molecular formula is C17H21N5O. The number of rotatable bonds is 1. The van der Waals surface area contributed by atoms with Gasteiger partial charge in [0.15, 0.2) is 0 Å². The van der Waals surface area contributed by atoms with Gasteiger partial charge < -0.3 is 10.6 Å². The van der Waals surface area contributed by atoms with Crippen LogP contribution in [0.1, 0.15) is 46.8 Å². The second-order valence-corrected chi connectivity index (χ2v) is 6.45. The van der Waals surface area contributed by atoms with Crippen molar-refractivity contribution in [1.29, 1.82) is 0 Å². The summed E-state index contributed by atoms with van der Waals surface area (Å²) in [6.07, 6.45) is 6.63. The third-order valence-electron chi connectivity index (χ3n) is 5.01. The molecule has 0 radical (unpaired) electrons. The summed E-state index contributed by atoms with van der Waals surface area (Å²) in [6.45, 7) is 0.807. The molecule has 4 rings (SSSR count). The SMILES string of the molecule is CN1CCC(C(=O)n2nc3c(c2N)CCCC3)c2cccnc21. The van der Waals surface area contributed by atoms with Gasteiger partial charge in [-0.25, -0.2) is 4.98 Å². The molecule has 1 unspecified atom stereocenters. The molecule has 1 aliphatic carbocycles. The Balaban J connectivity index is 1.73. The zero-order chi connectivity index (χ0) is 16.0. The van der Waals surface area contributed by atoms with Gasteiger partial charge in [0.1, 0.15) is 11.6 Å². The van der Waals surface area contributed by atoms with Gasteiger partial charge in [0.05, 0.1) is 11.6 Å². The molecule has 23 heavy (non-hydrogen) atoms. The standard InChI is InChI=1S/C17H21N5O/c1-21-10-8-12(11-6-4-9-19-16(11)21)17(23)22-15(18)13-5-2-3-7-14(13)20-22/h4,6,9,12H,2-3,5,7-8,10,18H2,1H3. The van der Waals surface area contributed by atoms with E-state index in [-0.39, 0.29) is 11.8 Å². The molecule has 0 aromatic carbocycles. The maximum Gasteiger partial charge on any atom is 0.256 e. The highest BCUT2D eigenvalue weighted by Crippen LogP contribution is 2.35. The number of fused-ring (bicyclic) bond motifs is 2. The molecule has 6 nitrogen and oxygen atoms in total. The number of aryl methyl sites for hydroxylation is 1. The molecule has 6 heteroatoms. The Bertz CT molecular complexity index is 766. The Hall–Kier alpha value is -2.37. The monoisotopic (exact) mass is 311 g/mol. The van der Waals surface area contributed by atoms with Gasteiger partial charge in [-0.3, -0.25) is 4.79 Å². The van der Waals surface area contributed by atoms with Gasteiger partial charge in [-0.05, 0) is 38.2 Å². The lowest BCUT2D eigenvalue weighted by molar-refractivity contribution is 0.0857. The number of hydrogen-bond donors (Lipinski definition) is 1. The number of nitrogens with zero attached hydrogens (tertiary/aromatic N) is 4. The molecule has 2 N–H and O–H groups in total. The largest absolute Gasteiger partial charge is 0.383 e. The van der Waals surface area contributed by atoms with E-state index in [0.29, 0.717) is 5.82 Å². The molecule has 0 amide bonds. The zero-order valence-electron chi connectivity index (χ0n) is 13.3. The average Bonchev–Trinajstić information content (AvgIpc) is 2.92. The first kappa shape index (κ1) is 14.2. The molecule has 0 saturated heterocycles. The van der Waals surface area contributed by atoms with Gasteiger partial charge in [-0.15, -0.1) is 0 Å². The first-order chi connectivity index (χ1) is 11.2. The first-order valence-corrected chi connectivity index (χ1v) is 8.23. The topological polar surface area (TPSA) is 77.0 Å². The lowest BCUT2D eigenvalue weighted by Gasteiger charge is -2.31. The molecule has 0 fully saturated rings. The minimum atomic E-state index is -0.224. The number of pyridine rings is 1. The molecule has 0 spiro atoms. The van der Waals surface area contributed by atoms with Crippen LogP contribution in [0.2, 0.25) is 0 Å². The number of carbonyl (C=O) groups is 1.